The second-order valence-electron chi connectivity index (χ2n) is 6.75. The van der Waals surface area contributed by atoms with Gasteiger partial charge in [-0.15, -0.1) is 0 Å². The first kappa shape index (κ1) is 15.8. The van der Waals surface area contributed by atoms with Gasteiger partial charge in [0.1, 0.15) is 6.61 Å². The minimum atomic E-state index is -0.862. The Kier molecular flexibility index (Phi) is 5.85. The number of carboxylic acids is 1. The average Bonchev–Trinajstić information content (AvgIpc) is 2.46. The molecule has 2 fully saturated rings. The lowest BCUT2D eigenvalue weighted by atomic mass is 9.79. The lowest BCUT2D eigenvalue weighted by Crippen LogP contribution is -2.45. The molecule has 20 heavy (non-hydrogen) atoms. The summed E-state index contributed by atoms with van der Waals surface area (Å²) in [5.74, 6) is 0.883. The molecule has 1 heterocycles. The van der Waals surface area contributed by atoms with Crippen LogP contribution in [0.4, 0.5) is 0 Å². The Morgan fingerprint density at radius 3 is 2.25 bits per heavy atom. The molecule has 0 amide bonds. The van der Waals surface area contributed by atoms with Gasteiger partial charge in [-0.25, -0.2) is 4.79 Å². The maximum absolute atomic E-state index is 10.5. The summed E-state index contributed by atoms with van der Waals surface area (Å²) in [4.78, 5) is 13.1. The van der Waals surface area contributed by atoms with Gasteiger partial charge < -0.3 is 14.7 Å². The number of ether oxygens (including phenoxy) is 1. The molecule has 4 heteroatoms. The second kappa shape index (κ2) is 7.41. The molecule has 1 saturated heterocycles. The van der Waals surface area contributed by atoms with Gasteiger partial charge in [-0.1, -0.05) is 13.8 Å². The van der Waals surface area contributed by atoms with Crippen LogP contribution in [0.15, 0.2) is 0 Å². The van der Waals surface area contributed by atoms with Crippen LogP contribution >= 0.6 is 0 Å². The molecule has 1 aliphatic heterocycles. The molecular weight excluding hydrogens is 254 g/mol. The maximum Gasteiger partial charge on any atom is 0.329 e. The van der Waals surface area contributed by atoms with E-state index in [4.69, 9.17) is 9.84 Å². The highest BCUT2D eigenvalue weighted by molar-refractivity contribution is 5.68. The van der Waals surface area contributed by atoms with Crippen LogP contribution in [0.25, 0.3) is 0 Å². The largest absolute Gasteiger partial charge is 0.480 e. The maximum atomic E-state index is 10.5. The summed E-state index contributed by atoms with van der Waals surface area (Å²) in [5, 5.41) is 8.63. The quantitative estimate of drug-likeness (QED) is 0.843. The third-order valence-electron chi connectivity index (χ3n) is 5.12. The van der Waals surface area contributed by atoms with Crippen LogP contribution in [0.3, 0.4) is 0 Å². The summed E-state index contributed by atoms with van der Waals surface area (Å²) in [5.41, 5.74) is 0. The van der Waals surface area contributed by atoms with Crippen molar-refractivity contribution < 1.29 is 14.6 Å². The number of carboxylic acid groups (broad SMARTS) is 1. The van der Waals surface area contributed by atoms with Gasteiger partial charge in [0.2, 0.25) is 0 Å². The van der Waals surface area contributed by atoms with Crippen molar-refractivity contribution >= 4 is 5.97 Å². The molecule has 0 aromatic rings. The van der Waals surface area contributed by atoms with E-state index in [0.717, 1.165) is 43.8 Å². The molecule has 1 saturated carbocycles. The molecule has 2 aliphatic rings. The Hall–Kier alpha value is -0.610. The van der Waals surface area contributed by atoms with Crippen LogP contribution in [-0.4, -0.2) is 47.8 Å². The standard InChI is InChI=1S/C16H29NO3/c1-12(2)13-3-5-14(6-4-13)17-9-7-15(8-10-17)20-11-16(18)19/h12-15H,3-11H2,1-2H3,(H,18,19). The van der Waals surface area contributed by atoms with Crippen molar-refractivity contribution in [2.24, 2.45) is 11.8 Å². The van der Waals surface area contributed by atoms with E-state index in [0.29, 0.717) is 0 Å². The molecule has 1 N–H and O–H groups in total. The van der Waals surface area contributed by atoms with E-state index >= 15 is 0 Å². The zero-order valence-electron chi connectivity index (χ0n) is 12.9. The van der Waals surface area contributed by atoms with Crippen molar-refractivity contribution in [2.75, 3.05) is 19.7 Å². The summed E-state index contributed by atoms with van der Waals surface area (Å²) in [6.07, 6.45) is 7.53. The van der Waals surface area contributed by atoms with Gasteiger partial charge in [0.05, 0.1) is 6.10 Å². The van der Waals surface area contributed by atoms with Crippen LogP contribution < -0.4 is 0 Å². The Morgan fingerprint density at radius 1 is 1.15 bits per heavy atom. The molecule has 0 atom stereocenters. The number of hydrogen-bond donors (Lipinski definition) is 1. The lowest BCUT2D eigenvalue weighted by Gasteiger charge is -2.41. The third-order valence-corrected chi connectivity index (χ3v) is 5.12. The van der Waals surface area contributed by atoms with Crippen molar-refractivity contribution in [1.82, 2.24) is 4.90 Å². The monoisotopic (exact) mass is 283 g/mol. The molecule has 0 spiro atoms. The van der Waals surface area contributed by atoms with Gasteiger partial charge in [-0.05, 0) is 50.4 Å². The minimum absolute atomic E-state index is 0.148. The molecule has 1 aliphatic carbocycles. The highest BCUT2D eigenvalue weighted by Crippen LogP contribution is 2.33. The Morgan fingerprint density at radius 2 is 1.75 bits per heavy atom. The predicted molar refractivity (Wildman–Crippen MR) is 78.8 cm³/mol. The molecule has 116 valence electrons. The Balaban J connectivity index is 1.68. The molecule has 0 radical (unpaired) electrons. The molecular formula is C16H29NO3. The van der Waals surface area contributed by atoms with Crippen LogP contribution in [0.2, 0.25) is 0 Å². The molecule has 0 unspecified atom stereocenters. The average molecular weight is 283 g/mol. The predicted octanol–water partition coefficient (Wildman–Crippen LogP) is 2.77. The van der Waals surface area contributed by atoms with Crippen molar-refractivity contribution in [1.29, 1.82) is 0 Å². The minimum Gasteiger partial charge on any atom is -0.480 e. The van der Waals surface area contributed by atoms with Crippen LogP contribution in [0.1, 0.15) is 52.4 Å². The zero-order valence-corrected chi connectivity index (χ0v) is 12.9. The van der Waals surface area contributed by atoms with Gasteiger partial charge in [-0.2, -0.15) is 0 Å². The van der Waals surface area contributed by atoms with Gasteiger partial charge in [-0.3, -0.25) is 0 Å². The van der Waals surface area contributed by atoms with Crippen molar-refractivity contribution in [3.8, 4) is 0 Å². The highest BCUT2D eigenvalue weighted by Gasteiger charge is 2.30. The number of carbonyl (C=O) groups is 1. The van der Waals surface area contributed by atoms with E-state index in [1.807, 2.05) is 0 Å². The van der Waals surface area contributed by atoms with E-state index in [1.165, 1.54) is 25.7 Å². The number of aliphatic carboxylic acids is 1. The summed E-state index contributed by atoms with van der Waals surface area (Å²) in [7, 11) is 0. The van der Waals surface area contributed by atoms with Crippen LogP contribution in [0, 0.1) is 11.8 Å². The van der Waals surface area contributed by atoms with Crippen LogP contribution in [-0.2, 0) is 9.53 Å². The zero-order chi connectivity index (χ0) is 14.5. The highest BCUT2D eigenvalue weighted by atomic mass is 16.5. The lowest BCUT2D eigenvalue weighted by molar-refractivity contribution is -0.145. The molecule has 0 aromatic heterocycles. The van der Waals surface area contributed by atoms with Crippen molar-refractivity contribution in [3.05, 3.63) is 0 Å². The topological polar surface area (TPSA) is 49.8 Å². The van der Waals surface area contributed by atoms with E-state index < -0.39 is 5.97 Å². The van der Waals surface area contributed by atoms with E-state index in [9.17, 15) is 4.79 Å². The van der Waals surface area contributed by atoms with E-state index in [-0.39, 0.29) is 12.7 Å². The molecule has 4 nitrogen and oxygen atoms in total. The Labute approximate surface area is 122 Å². The smallest absolute Gasteiger partial charge is 0.329 e. The fourth-order valence-electron chi connectivity index (χ4n) is 3.73. The second-order valence-corrected chi connectivity index (χ2v) is 6.75. The van der Waals surface area contributed by atoms with Gasteiger partial charge in [0, 0.05) is 19.1 Å². The van der Waals surface area contributed by atoms with Gasteiger partial charge in [0.25, 0.3) is 0 Å². The Bertz CT molecular complexity index is 303. The van der Waals surface area contributed by atoms with E-state index in [1.54, 1.807) is 0 Å². The summed E-state index contributed by atoms with van der Waals surface area (Å²) in [6, 6.07) is 0.755. The summed E-state index contributed by atoms with van der Waals surface area (Å²) >= 11 is 0. The fourth-order valence-corrected chi connectivity index (χ4v) is 3.73. The SMILES string of the molecule is CC(C)C1CCC(N2CCC(OCC(=O)O)CC2)CC1. The normalized spacial score (nSPS) is 29.8. The third kappa shape index (κ3) is 4.45. The number of piperidine rings is 1. The van der Waals surface area contributed by atoms with Crippen LogP contribution in [0.5, 0.6) is 0 Å². The van der Waals surface area contributed by atoms with Crippen molar-refractivity contribution in [2.45, 2.75) is 64.5 Å². The summed E-state index contributed by atoms with van der Waals surface area (Å²) < 4.78 is 5.40. The first-order valence-electron chi connectivity index (χ1n) is 8.13. The first-order chi connectivity index (χ1) is 9.56. The fraction of sp³-hybridized carbons (Fsp3) is 0.938. The first-order valence-corrected chi connectivity index (χ1v) is 8.13. The summed E-state index contributed by atoms with van der Waals surface area (Å²) in [6.45, 7) is 6.68. The number of likely N-dealkylation sites (tertiary alicyclic amines) is 1. The van der Waals surface area contributed by atoms with Gasteiger partial charge >= 0.3 is 5.97 Å². The molecule has 0 aromatic carbocycles. The van der Waals surface area contributed by atoms with Crippen molar-refractivity contribution in [3.63, 3.8) is 0 Å². The van der Waals surface area contributed by atoms with Gasteiger partial charge in [0.15, 0.2) is 0 Å². The molecule has 0 bridgehead atoms. The number of rotatable bonds is 5. The van der Waals surface area contributed by atoms with E-state index in [2.05, 4.69) is 18.7 Å². The number of nitrogens with zero attached hydrogens (tertiary/aromatic N) is 1. The number of hydrogen-bond acceptors (Lipinski definition) is 3. The molecule has 2 rings (SSSR count).